The highest BCUT2D eigenvalue weighted by atomic mass is 79.9. The molecule has 13 heavy (non-hydrogen) atoms. The first kappa shape index (κ1) is 10.3. The van der Waals surface area contributed by atoms with Crippen LogP contribution in [0, 0.1) is 13.8 Å². The van der Waals surface area contributed by atoms with Crippen molar-refractivity contribution in [3.05, 3.63) is 33.3 Å². The highest BCUT2D eigenvalue weighted by Crippen LogP contribution is 2.21. The Bertz CT molecular complexity index is 321. The maximum atomic E-state index is 10.0. The Balaban J connectivity index is 2.94. The second-order valence-corrected chi connectivity index (χ2v) is 3.79. The summed E-state index contributed by atoms with van der Waals surface area (Å²) in [5.41, 5.74) is 3.32. The predicted molar refractivity (Wildman–Crippen MR) is 54.5 cm³/mol. The third-order valence-electron chi connectivity index (χ3n) is 1.92. The lowest BCUT2D eigenvalue weighted by Crippen LogP contribution is -1.94. The summed E-state index contributed by atoms with van der Waals surface area (Å²) in [7, 11) is 0. The van der Waals surface area contributed by atoms with Crippen LogP contribution in [0.15, 0.2) is 16.6 Å². The van der Waals surface area contributed by atoms with Gasteiger partial charge in [0, 0.05) is 4.47 Å². The van der Waals surface area contributed by atoms with Crippen LogP contribution in [0.1, 0.15) is 16.7 Å². The third kappa shape index (κ3) is 2.56. The maximum absolute atomic E-state index is 10.0. The molecule has 0 heterocycles. The molecule has 1 aromatic carbocycles. The van der Waals surface area contributed by atoms with Gasteiger partial charge in [-0.05, 0) is 36.6 Å². The van der Waals surface area contributed by atoms with Gasteiger partial charge in [-0.15, -0.1) is 0 Å². The summed E-state index contributed by atoms with van der Waals surface area (Å²) in [6, 6.07) is 4.04. The topological polar surface area (TPSA) is 26.3 Å². The molecule has 0 atom stereocenters. The number of aryl methyl sites for hydroxylation is 2. The van der Waals surface area contributed by atoms with Crippen LogP contribution in [0.4, 0.5) is 0 Å². The van der Waals surface area contributed by atoms with Crippen molar-refractivity contribution in [2.45, 2.75) is 20.5 Å². The molecule has 0 saturated carbocycles. The minimum atomic E-state index is 0.351. The fourth-order valence-corrected chi connectivity index (χ4v) is 1.58. The van der Waals surface area contributed by atoms with Gasteiger partial charge in [0.15, 0.2) is 0 Å². The first-order valence-corrected chi connectivity index (χ1v) is 4.75. The van der Waals surface area contributed by atoms with Crippen molar-refractivity contribution in [1.29, 1.82) is 0 Å². The van der Waals surface area contributed by atoms with Crippen LogP contribution in [0.3, 0.4) is 0 Å². The fraction of sp³-hybridized carbons (Fsp3) is 0.300. The maximum Gasteiger partial charge on any atom is 0.293 e. The number of carbonyl (C=O) groups excluding carboxylic acids is 1. The Morgan fingerprint density at radius 1 is 1.38 bits per heavy atom. The number of hydrogen-bond donors (Lipinski definition) is 0. The second kappa shape index (κ2) is 4.42. The molecule has 1 aromatic rings. The van der Waals surface area contributed by atoms with Crippen LogP contribution < -0.4 is 0 Å². The molecule has 0 unspecified atom stereocenters. The van der Waals surface area contributed by atoms with Crippen molar-refractivity contribution in [2.24, 2.45) is 0 Å². The van der Waals surface area contributed by atoms with Gasteiger partial charge in [-0.3, -0.25) is 4.79 Å². The van der Waals surface area contributed by atoms with E-state index in [2.05, 4.69) is 15.9 Å². The monoisotopic (exact) mass is 242 g/mol. The smallest absolute Gasteiger partial charge is 0.293 e. The molecule has 0 radical (unpaired) electrons. The largest absolute Gasteiger partial charge is 0.463 e. The minimum Gasteiger partial charge on any atom is -0.463 e. The molecule has 3 heteroatoms. The van der Waals surface area contributed by atoms with E-state index in [1.54, 1.807) is 0 Å². The number of rotatable bonds is 3. The van der Waals surface area contributed by atoms with Gasteiger partial charge in [-0.2, -0.15) is 0 Å². The number of carbonyl (C=O) groups is 1. The van der Waals surface area contributed by atoms with E-state index in [1.807, 2.05) is 26.0 Å². The number of hydrogen-bond acceptors (Lipinski definition) is 2. The van der Waals surface area contributed by atoms with Crippen LogP contribution in [-0.2, 0) is 16.1 Å². The van der Waals surface area contributed by atoms with Crippen molar-refractivity contribution in [3.8, 4) is 0 Å². The molecule has 0 aliphatic carbocycles. The summed E-state index contributed by atoms with van der Waals surface area (Å²) >= 11 is 3.44. The first-order valence-electron chi connectivity index (χ1n) is 3.96. The van der Waals surface area contributed by atoms with Gasteiger partial charge in [-0.25, -0.2) is 0 Å². The van der Waals surface area contributed by atoms with Gasteiger partial charge in [0.05, 0.1) is 0 Å². The molecule has 2 nitrogen and oxygen atoms in total. The SMILES string of the molecule is Cc1cc(COC=O)c(C)cc1Br. The van der Waals surface area contributed by atoms with Crippen molar-refractivity contribution in [3.63, 3.8) is 0 Å². The average Bonchev–Trinajstić information content (AvgIpc) is 2.09. The van der Waals surface area contributed by atoms with E-state index < -0.39 is 0 Å². The first-order chi connectivity index (χ1) is 6.15. The van der Waals surface area contributed by atoms with Crippen molar-refractivity contribution in [2.75, 3.05) is 0 Å². The van der Waals surface area contributed by atoms with Crippen LogP contribution in [0.5, 0.6) is 0 Å². The summed E-state index contributed by atoms with van der Waals surface area (Å²) in [6.07, 6.45) is 0. The highest BCUT2D eigenvalue weighted by Gasteiger charge is 2.02. The molecule has 0 saturated heterocycles. The zero-order valence-electron chi connectivity index (χ0n) is 7.63. The molecule has 0 aromatic heterocycles. The van der Waals surface area contributed by atoms with Gasteiger partial charge in [0.25, 0.3) is 6.47 Å². The fourth-order valence-electron chi connectivity index (χ4n) is 1.12. The minimum absolute atomic E-state index is 0.351. The van der Waals surface area contributed by atoms with Gasteiger partial charge in [0.2, 0.25) is 0 Å². The molecule has 0 aliphatic heterocycles. The molecule has 0 N–H and O–H groups in total. The van der Waals surface area contributed by atoms with E-state index in [4.69, 9.17) is 4.74 Å². The van der Waals surface area contributed by atoms with E-state index in [9.17, 15) is 4.79 Å². The average molecular weight is 243 g/mol. The molecule has 0 fully saturated rings. The van der Waals surface area contributed by atoms with Gasteiger partial charge >= 0.3 is 0 Å². The summed E-state index contributed by atoms with van der Waals surface area (Å²) in [6.45, 7) is 4.82. The third-order valence-corrected chi connectivity index (χ3v) is 2.78. The predicted octanol–water partition coefficient (Wildman–Crippen LogP) is 2.74. The Morgan fingerprint density at radius 3 is 2.69 bits per heavy atom. The Hall–Kier alpha value is -0.830. The summed E-state index contributed by atoms with van der Waals surface area (Å²) in [5.74, 6) is 0. The van der Waals surface area contributed by atoms with E-state index in [0.29, 0.717) is 13.1 Å². The molecule has 1 rings (SSSR count). The molecule has 0 bridgehead atoms. The van der Waals surface area contributed by atoms with Gasteiger partial charge in [0.1, 0.15) is 6.61 Å². The van der Waals surface area contributed by atoms with Crippen LogP contribution in [0.2, 0.25) is 0 Å². The van der Waals surface area contributed by atoms with Crippen molar-refractivity contribution in [1.82, 2.24) is 0 Å². The Labute approximate surface area is 86.0 Å². The standard InChI is InChI=1S/C10H11BrO2/c1-7-4-10(11)8(2)3-9(7)5-13-6-12/h3-4,6H,5H2,1-2H3. The summed E-state index contributed by atoms with van der Waals surface area (Å²) < 4.78 is 5.78. The van der Waals surface area contributed by atoms with Crippen LogP contribution in [-0.4, -0.2) is 6.47 Å². The van der Waals surface area contributed by atoms with Gasteiger partial charge in [-0.1, -0.05) is 22.0 Å². The quantitative estimate of drug-likeness (QED) is 0.763. The summed E-state index contributed by atoms with van der Waals surface area (Å²) in [4.78, 5) is 10.0. The molecule has 0 aliphatic rings. The normalized spacial score (nSPS) is 9.77. The molecular formula is C10H11BrO2. The molecule has 0 amide bonds. The van der Waals surface area contributed by atoms with Crippen molar-refractivity contribution < 1.29 is 9.53 Å². The second-order valence-electron chi connectivity index (χ2n) is 2.94. The zero-order valence-corrected chi connectivity index (χ0v) is 9.22. The zero-order chi connectivity index (χ0) is 9.84. The number of halogens is 1. The lowest BCUT2D eigenvalue weighted by Gasteiger charge is -2.07. The number of benzene rings is 1. The Morgan fingerprint density at radius 2 is 2.08 bits per heavy atom. The lowest BCUT2D eigenvalue weighted by molar-refractivity contribution is -0.129. The molecule has 0 spiro atoms. The van der Waals surface area contributed by atoms with E-state index >= 15 is 0 Å². The number of ether oxygens (including phenoxy) is 1. The van der Waals surface area contributed by atoms with E-state index in [0.717, 1.165) is 21.2 Å². The van der Waals surface area contributed by atoms with Crippen LogP contribution in [0.25, 0.3) is 0 Å². The lowest BCUT2D eigenvalue weighted by atomic mass is 10.1. The van der Waals surface area contributed by atoms with Crippen molar-refractivity contribution >= 4 is 22.4 Å². The molecule has 70 valence electrons. The van der Waals surface area contributed by atoms with Gasteiger partial charge < -0.3 is 4.74 Å². The molecular weight excluding hydrogens is 232 g/mol. The summed E-state index contributed by atoms with van der Waals surface area (Å²) in [5, 5.41) is 0. The van der Waals surface area contributed by atoms with E-state index in [1.165, 1.54) is 0 Å². The highest BCUT2D eigenvalue weighted by molar-refractivity contribution is 9.10. The van der Waals surface area contributed by atoms with E-state index in [-0.39, 0.29) is 0 Å². The van der Waals surface area contributed by atoms with Crippen LogP contribution >= 0.6 is 15.9 Å². The Kier molecular flexibility index (Phi) is 3.48.